The third-order valence-corrected chi connectivity index (χ3v) is 7.97. The molecule has 8 nitrogen and oxygen atoms in total. The SMILES string of the molecule is CN(C)S(=O)(=O)c1ccc(N2CCCCC2)c(C(=O)OCc2coc(-c3cccs3)n2)c1. The Morgan fingerprint density at radius 3 is 2.69 bits per heavy atom. The summed E-state index contributed by atoms with van der Waals surface area (Å²) in [5.74, 6) is -0.124. The van der Waals surface area contributed by atoms with E-state index in [4.69, 9.17) is 9.15 Å². The molecule has 0 amide bonds. The van der Waals surface area contributed by atoms with E-state index in [-0.39, 0.29) is 17.1 Å². The average Bonchev–Trinajstić information content (AvgIpc) is 3.49. The molecule has 2 aromatic heterocycles. The molecule has 0 N–H and O–H groups in total. The van der Waals surface area contributed by atoms with Crippen LogP contribution in [-0.2, 0) is 21.4 Å². The van der Waals surface area contributed by atoms with Crippen molar-refractivity contribution in [3.63, 3.8) is 0 Å². The van der Waals surface area contributed by atoms with Gasteiger partial charge in [0.1, 0.15) is 18.6 Å². The van der Waals surface area contributed by atoms with Crippen LogP contribution in [0.2, 0.25) is 0 Å². The standard InChI is InChI=1S/C22H25N3O5S2/c1-24(2)32(27,28)17-8-9-19(25-10-4-3-5-11-25)18(13-17)22(26)30-15-16-14-29-21(23-16)20-7-6-12-31-20/h6-9,12-14H,3-5,10-11,15H2,1-2H3. The number of benzene rings is 1. The monoisotopic (exact) mass is 475 g/mol. The summed E-state index contributed by atoms with van der Waals surface area (Å²) in [6.07, 6.45) is 4.65. The second-order valence-electron chi connectivity index (χ2n) is 7.71. The Morgan fingerprint density at radius 1 is 1.22 bits per heavy atom. The van der Waals surface area contributed by atoms with Crippen LogP contribution in [0.15, 0.2) is 51.3 Å². The van der Waals surface area contributed by atoms with E-state index in [2.05, 4.69) is 9.88 Å². The molecule has 0 atom stereocenters. The number of sulfonamides is 1. The number of ether oxygens (including phenoxy) is 1. The van der Waals surface area contributed by atoms with Gasteiger partial charge in [-0.05, 0) is 48.9 Å². The molecule has 1 aliphatic rings. The summed E-state index contributed by atoms with van der Waals surface area (Å²) < 4.78 is 37.4. The summed E-state index contributed by atoms with van der Waals surface area (Å²) in [5.41, 5.74) is 1.40. The Morgan fingerprint density at radius 2 is 2.00 bits per heavy atom. The molecule has 170 valence electrons. The van der Waals surface area contributed by atoms with Gasteiger partial charge in [0.15, 0.2) is 0 Å². The highest BCUT2D eigenvalue weighted by Crippen LogP contribution is 2.29. The van der Waals surface area contributed by atoms with Gasteiger partial charge in [-0.2, -0.15) is 0 Å². The molecule has 3 heterocycles. The van der Waals surface area contributed by atoms with Gasteiger partial charge in [0, 0.05) is 27.2 Å². The first-order chi connectivity index (χ1) is 15.4. The lowest BCUT2D eigenvalue weighted by Crippen LogP contribution is -2.31. The van der Waals surface area contributed by atoms with Crippen LogP contribution in [-0.4, -0.2) is 50.9 Å². The molecule has 0 spiro atoms. The number of carbonyl (C=O) groups is 1. The smallest absolute Gasteiger partial charge is 0.340 e. The van der Waals surface area contributed by atoms with Gasteiger partial charge in [-0.3, -0.25) is 0 Å². The quantitative estimate of drug-likeness (QED) is 0.477. The number of rotatable bonds is 7. The lowest BCUT2D eigenvalue weighted by molar-refractivity contribution is 0.0468. The first-order valence-electron chi connectivity index (χ1n) is 10.3. The van der Waals surface area contributed by atoms with Gasteiger partial charge in [0.2, 0.25) is 15.9 Å². The summed E-state index contributed by atoms with van der Waals surface area (Å²) in [6, 6.07) is 8.44. The molecule has 10 heteroatoms. The number of nitrogens with zero attached hydrogens (tertiary/aromatic N) is 3. The Hall–Kier alpha value is -2.69. The third kappa shape index (κ3) is 4.72. The number of anilines is 1. The van der Waals surface area contributed by atoms with Crippen molar-refractivity contribution in [2.45, 2.75) is 30.8 Å². The van der Waals surface area contributed by atoms with E-state index in [1.807, 2.05) is 17.5 Å². The largest absolute Gasteiger partial charge is 0.455 e. The molecule has 1 aromatic carbocycles. The number of carbonyl (C=O) groups excluding carboxylic acids is 1. The van der Waals surface area contributed by atoms with Crippen LogP contribution < -0.4 is 4.90 Å². The maximum atomic E-state index is 13.1. The third-order valence-electron chi connectivity index (χ3n) is 5.30. The summed E-state index contributed by atoms with van der Waals surface area (Å²) in [4.78, 5) is 20.5. The fourth-order valence-electron chi connectivity index (χ4n) is 3.56. The molecular formula is C22H25N3O5S2. The van der Waals surface area contributed by atoms with Crippen LogP contribution in [0.1, 0.15) is 35.3 Å². The molecule has 0 radical (unpaired) electrons. The minimum absolute atomic E-state index is 0.0524. The molecule has 0 unspecified atom stereocenters. The zero-order valence-corrected chi connectivity index (χ0v) is 19.6. The zero-order chi connectivity index (χ0) is 22.7. The van der Waals surface area contributed by atoms with Crippen LogP contribution in [0.5, 0.6) is 0 Å². The molecule has 1 saturated heterocycles. The Kier molecular flexibility index (Phi) is 6.63. The van der Waals surface area contributed by atoms with Crippen molar-refractivity contribution in [2.24, 2.45) is 0 Å². The molecule has 0 aliphatic carbocycles. The van der Waals surface area contributed by atoms with Crippen molar-refractivity contribution in [3.8, 4) is 10.8 Å². The van der Waals surface area contributed by atoms with Gasteiger partial charge < -0.3 is 14.1 Å². The van der Waals surface area contributed by atoms with Crippen LogP contribution >= 0.6 is 11.3 Å². The fraction of sp³-hybridized carbons (Fsp3) is 0.364. The van der Waals surface area contributed by atoms with Crippen molar-refractivity contribution < 1.29 is 22.4 Å². The van der Waals surface area contributed by atoms with Crippen LogP contribution in [0.4, 0.5) is 5.69 Å². The lowest BCUT2D eigenvalue weighted by atomic mass is 10.1. The second-order valence-corrected chi connectivity index (χ2v) is 10.8. The number of aromatic nitrogens is 1. The van der Waals surface area contributed by atoms with E-state index in [0.29, 0.717) is 17.3 Å². The Bertz CT molecular complexity index is 1180. The van der Waals surface area contributed by atoms with E-state index in [0.717, 1.165) is 41.5 Å². The van der Waals surface area contributed by atoms with Crippen LogP contribution in [0.25, 0.3) is 10.8 Å². The van der Waals surface area contributed by atoms with Crippen molar-refractivity contribution in [1.82, 2.24) is 9.29 Å². The minimum atomic E-state index is -3.69. The lowest BCUT2D eigenvalue weighted by Gasteiger charge is -2.30. The Balaban J connectivity index is 1.58. The maximum Gasteiger partial charge on any atom is 0.340 e. The van der Waals surface area contributed by atoms with E-state index >= 15 is 0 Å². The molecular weight excluding hydrogens is 450 g/mol. The number of oxazole rings is 1. The highest BCUT2D eigenvalue weighted by molar-refractivity contribution is 7.89. The maximum absolute atomic E-state index is 13.1. The van der Waals surface area contributed by atoms with E-state index in [1.54, 1.807) is 12.1 Å². The number of esters is 1. The predicted molar refractivity (Wildman–Crippen MR) is 122 cm³/mol. The zero-order valence-electron chi connectivity index (χ0n) is 18.0. The normalized spacial score (nSPS) is 14.7. The molecule has 4 rings (SSSR count). The predicted octanol–water partition coefficient (Wildman–Crippen LogP) is 4.00. The van der Waals surface area contributed by atoms with E-state index in [9.17, 15) is 13.2 Å². The summed E-state index contributed by atoms with van der Waals surface area (Å²) >= 11 is 1.50. The Labute approximate surface area is 191 Å². The molecule has 0 saturated carbocycles. The highest BCUT2D eigenvalue weighted by atomic mass is 32.2. The van der Waals surface area contributed by atoms with Gasteiger partial charge in [-0.15, -0.1) is 11.3 Å². The van der Waals surface area contributed by atoms with Gasteiger partial charge >= 0.3 is 5.97 Å². The molecule has 32 heavy (non-hydrogen) atoms. The summed E-state index contributed by atoms with van der Waals surface area (Å²) in [5, 5.41) is 1.93. The van der Waals surface area contributed by atoms with E-state index in [1.165, 1.54) is 37.8 Å². The van der Waals surface area contributed by atoms with Crippen LogP contribution in [0.3, 0.4) is 0 Å². The summed E-state index contributed by atoms with van der Waals surface area (Å²) in [6.45, 7) is 1.55. The second kappa shape index (κ2) is 9.43. The minimum Gasteiger partial charge on any atom is -0.455 e. The average molecular weight is 476 g/mol. The van der Waals surface area contributed by atoms with E-state index < -0.39 is 16.0 Å². The first-order valence-corrected chi connectivity index (χ1v) is 12.6. The molecule has 1 aliphatic heterocycles. The summed E-state index contributed by atoms with van der Waals surface area (Å²) in [7, 11) is -0.769. The molecule has 1 fully saturated rings. The van der Waals surface area contributed by atoms with Gasteiger partial charge in [-0.25, -0.2) is 22.5 Å². The number of hydrogen-bond donors (Lipinski definition) is 0. The van der Waals surface area contributed by atoms with Gasteiger partial charge in [0.05, 0.1) is 21.0 Å². The number of hydrogen-bond acceptors (Lipinski definition) is 8. The molecule has 0 bridgehead atoms. The highest BCUT2D eigenvalue weighted by Gasteiger charge is 2.25. The first kappa shape index (κ1) is 22.5. The van der Waals surface area contributed by atoms with Gasteiger partial charge in [0.25, 0.3) is 0 Å². The number of thiophene rings is 1. The fourth-order valence-corrected chi connectivity index (χ4v) is 5.15. The number of piperidine rings is 1. The van der Waals surface area contributed by atoms with Crippen molar-refractivity contribution in [3.05, 3.63) is 53.2 Å². The van der Waals surface area contributed by atoms with Gasteiger partial charge in [-0.1, -0.05) is 6.07 Å². The van der Waals surface area contributed by atoms with Crippen molar-refractivity contribution in [1.29, 1.82) is 0 Å². The molecule has 3 aromatic rings. The van der Waals surface area contributed by atoms with Crippen LogP contribution in [0, 0.1) is 0 Å². The van der Waals surface area contributed by atoms with Crippen molar-refractivity contribution in [2.75, 3.05) is 32.1 Å². The van der Waals surface area contributed by atoms with Crippen molar-refractivity contribution >= 4 is 33.0 Å². The topological polar surface area (TPSA) is 93.0 Å².